The molecule has 0 aromatic heterocycles. The van der Waals surface area contributed by atoms with Crippen molar-refractivity contribution < 1.29 is 9.22 Å². The Balaban J connectivity index is 2.50. The Hall–Kier alpha value is 0.534. The molecule has 0 spiro atoms. The summed E-state index contributed by atoms with van der Waals surface area (Å²) in [7, 11) is -3.45. The lowest BCUT2D eigenvalue weighted by Crippen LogP contribution is -2.50. The fourth-order valence-corrected chi connectivity index (χ4v) is 9.22. The molecule has 0 radical (unpaired) electrons. The molecule has 2 nitrogen and oxygen atoms in total. The summed E-state index contributed by atoms with van der Waals surface area (Å²) in [4.78, 5) is 12.4. The van der Waals surface area contributed by atoms with Gasteiger partial charge in [0.15, 0.2) is 14.1 Å². The molecule has 0 aromatic carbocycles. The maximum absolute atomic E-state index is 12.4. The van der Waals surface area contributed by atoms with Crippen LogP contribution in [0.25, 0.3) is 0 Å². The van der Waals surface area contributed by atoms with Crippen molar-refractivity contribution in [3.63, 3.8) is 0 Å². The summed E-state index contributed by atoms with van der Waals surface area (Å²) in [6.07, 6.45) is 2.05. The average Bonchev–Trinajstić information content (AvgIpc) is 2.86. The zero-order valence-electron chi connectivity index (χ0n) is 17.8. The minimum absolute atomic E-state index is 0.171. The number of rotatable bonds is 3. The van der Waals surface area contributed by atoms with Crippen molar-refractivity contribution >= 4 is 44.8 Å². The van der Waals surface area contributed by atoms with E-state index in [4.69, 9.17) is 4.43 Å². The molecule has 0 heterocycles. The minimum Gasteiger partial charge on any atom is -0.410 e. The Kier molecular flexibility index (Phi) is 5.72. The second-order valence-electron chi connectivity index (χ2n) is 11.2. The van der Waals surface area contributed by atoms with E-state index >= 15 is 0 Å². The molecular formula is C20H37IO2Si2. The van der Waals surface area contributed by atoms with Crippen LogP contribution in [0.4, 0.5) is 0 Å². The van der Waals surface area contributed by atoms with E-state index in [1.165, 1.54) is 5.57 Å². The van der Waals surface area contributed by atoms with Gasteiger partial charge in [-0.05, 0) is 69.2 Å². The van der Waals surface area contributed by atoms with Crippen molar-refractivity contribution in [3.05, 3.63) is 9.15 Å². The molecule has 0 N–H and O–H groups in total. The molecule has 0 unspecified atom stereocenters. The molecule has 25 heavy (non-hydrogen) atoms. The number of halogens is 1. The molecule has 3 atom stereocenters. The monoisotopic (exact) mass is 492 g/mol. The number of fused-ring (bicyclic) bond motifs is 1. The summed E-state index contributed by atoms with van der Waals surface area (Å²) in [6, 6.07) is 0. The van der Waals surface area contributed by atoms with E-state index in [-0.39, 0.29) is 11.1 Å². The normalized spacial score (nSPS) is 28.8. The van der Waals surface area contributed by atoms with Gasteiger partial charge in [-0.25, -0.2) is 0 Å². The standard InChI is InChI=1S/C20H37IO2Si2/c1-19(2,3)24(7,8)15-12-13-11-14(22)17(21)16(13)18(15)23-25(9,10)20(4,5)6/h13,15,18H,11-12H2,1-10H3/t13-,15+,18-/m0/s1. The highest BCUT2D eigenvalue weighted by Gasteiger charge is 2.56. The molecule has 2 rings (SSSR count). The summed E-state index contributed by atoms with van der Waals surface area (Å²) < 4.78 is 8.04. The van der Waals surface area contributed by atoms with Gasteiger partial charge in [-0.1, -0.05) is 54.6 Å². The summed E-state index contributed by atoms with van der Waals surface area (Å²) in [5.74, 6) is 0.784. The van der Waals surface area contributed by atoms with Crippen molar-refractivity contribution in [2.24, 2.45) is 5.92 Å². The van der Waals surface area contributed by atoms with Gasteiger partial charge in [0.1, 0.15) is 0 Å². The van der Waals surface area contributed by atoms with Gasteiger partial charge in [-0.2, -0.15) is 0 Å². The van der Waals surface area contributed by atoms with E-state index < -0.39 is 16.4 Å². The molecule has 144 valence electrons. The number of hydrogen-bond donors (Lipinski definition) is 0. The van der Waals surface area contributed by atoms with Crippen LogP contribution in [0.2, 0.25) is 41.8 Å². The molecule has 0 amide bonds. The van der Waals surface area contributed by atoms with Gasteiger partial charge in [-0.15, -0.1) is 0 Å². The molecule has 1 saturated carbocycles. The summed E-state index contributed by atoms with van der Waals surface area (Å²) in [6.45, 7) is 23.9. The van der Waals surface area contributed by atoms with E-state index in [0.29, 0.717) is 22.3 Å². The van der Waals surface area contributed by atoms with Crippen LogP contribution < -0.4 is 0 Å². The van der Waals surface area contributed by atoms with E-state index in [1.54, 1.807) is 0 Å². The lowest BCUT2D eigenvalue weighted by atomic mass is 10.1. The predicted molar refractivity (Wildman–Crippen MR) is 122 cm³/mol. The SMILES string of the molecule is CC(C)(C)[Si](C)(C)O[C@@H]1C2=C(I)C(=O)C[C@H]2C[C@H]1[Si](C)(C)C(C)(C)C. The van der Waals surface area contributed by atoms with E-state index in [1.807, 2.05) is 0 Å². The maximum Gasteiger partial charge on any atom is 0.192 e. The van der Waals surface area contributed by atoms with Gasteiger partial charge in [-0.3, -0.25) is 4.79 Å². The zero-order chi connectivity index (χ0) is 19.6. The molecule has 0 bridgehead atoms. The summed E-state index contributed by atoms with van der Waals surface area (Å²) in [5.41, 5.74) is 1.98. The van der Waals surface area contributed by atoms with Crippen LogP contribution in [0, 0.1) is 5.92 Å². The quantitative estimate of drug-likeness (QED) is 0.315. The second kappa shape index (κ2) is 6.55. The summed E-state index contributed by atoms with van der Waals surface area (Å²) >= 11 is 2.30. The molecule has 0 aromatic rings. The van der Waals surface area contributed by atoms with Crippen molar-refractivity contribution in [2.75, 3.05) is 0 Å². The Bertz CT molecular complexity index is 594. The number of Topliss-reactive ketones (excluding diaryl/α,β-unsaturated/α-hetero) is 1. The van der Waals surface area contributed by atoms with Crippen molar-refractivity contribution in [2.45, 2.75) is 102 Å². The highest BCUT2D eigenvalue weighted by molar-refractivity contribution is 14.1. The third kappa shape index (κ3) is 3.76. The van der Waals surface area contributed by atoms with Crippen molar-refractivity contribution in [1.82, 2.24) is 0 Å². The average molecular weight is 493 g/mol. The summed E-state index contributed by atoms with van der Waals surface area (Å²) in [5, 5.41) is 0.527. The van der Waals surface area contributed by atoms with Crippen LogP contribution in [0.5, 0.6) is 0 Å². The number of ketones is 1. The molecule has 0 saturated heterocycles. The predicted octanol–water partition coefficient (Wildman–Crippen LogP) is 6.94. The fourth-order valence-electron chi connectivity index (χ4n) is 3.85. The first-order valence-corrected chi connectivity index (χ1v) is 16.7. The molecule has 0 aliphatic heterocycles. The Labute approximate surface area is 170 Å². The van der Waals surface area contributed by atoms with Gasteiger partial charge in [0, 0.05) is 6.42 Å². The first kappa shape index (κ1) is 21.8. The van der Waals surface area contributed by atoms with Crippen LogP contribution in [0.3, 0.4) is 0 Å². The minimum atomic E-state index is -1.89. The Morgan fingerprint density at radius 2 is 1.52 bits per heavy atom. The maximum atomic E-state index is 12.4. The van der Waals surface area contributed by atoms with Gasteiger partial charge >= 0.3 is 0 Å². The smallest absolute Gasteiger partial charge is 0.192 e. The Morgan fingerprint density at radius 1 is 1.00 bits per heavy atom. The topological polar surface area (TPSA) is 26.3 Å². The number of carbonyl (C=O) groups excluding carboxylic acids is 1. The first-order chi connectivity index (χ1) is 11.0. The first-order valence-electron chi connectivity index (χ1n) is 9.61. The third-order valence-electron chi connectivity index (χ3n) is 7.67. The lowest BCUT2D eigenvalue weighted by Gasteiger charge is -2.47. The van der Waals surface area contributed by atoms with Crippen LogP contribution >= 0.6 is 22.6 Å². The highest BCUT2D eigenvalue weighted by atomic mass is 127. The van der Waals surface area contributed by atoms with Crippen LogP contribution in [0.1, 0.15) is 54.4 Å². The zero-order valence-corrected chi connectivity index (χ0v) is 22.0. The van der Waals surface area contributed by atoms with Gasteiger partial charge in [0.2, 0.25) is 0 Å². The molecule has 2 aliphatic rings. The lowest BCUT2D eigenvalue weighted by molar-refractivity contribution is -0.114. The van der Waals surface area contributed by atoms with E-state index in [9.17, 15) is 4.79 Å². The molecule has 2 aliphatic carbocycles. The molecular weight excluding hydrogens is 455 g/mol. The number of hydrogen-bond acceptors (Lipinski definition) is 2. The van der Waals surface area contributed by atoms with Gasteiger partial charge < -0.3 is 4.43 Å². The molecule has 1 fully saturated rings. The van der Waals surface area contributed by atoms with Gasteiger partial charge in [0.05, 0.1) is 17.8 Å². The second-order valence-corrected chi connectivity index (χ2v) is 22.7. The fraction of sp³-hybridized carbons (Fsp3) is 0.850. The van der Waals surface area contributed by atoms with Gasteiger partial charge in [0.25, 0.3) is 0 Å². The highest BCUT2D eigenvalue weighted by Crippen LogP contribution is 2.59. The Morgan fingerprint density at radius 3 is 1.96 bits per heavy atom. The van der Waals surface area contributed by atoms with Crippen LogP contribution in [-0.2, 0) is 9.22 Å². The van der Waals surface area contributed by atoms with E-state index in [0.717, 1.165) is 16.4 Å². The third-order valence-corrected chi connectivity index (χ3v) is 19.6. The van der Waals surface area contributed by atoms with E-state index in [2.05, 4.69) is 90.3 Å². The molecule has 5 heteroatoms. The van der Waals surface area contributed by atoms with Crippen LogP contribution in [0.15, 0.2) is 9.15 Å². The number of allylic oxidation sites excluding steroid dienone is 1. The number of carbonyl (C=O) groups is 1. The van der Waals surface area contributed by atoms with Crippen molar-refractivity contribution in [1.29, 1.82) is 0 Å². The van der Waals surface area contributed by atoms with Crippen LogP contribution in [-0.4, -0.2) is 28.3 Å². The van der Waals surface area contributed by atoms with Crippen molar-refractivity contribution in [3.8, 4) is 0 Å². The largest absolute Gasteiger partial charge is 0.410 e.